The van der Waals surface area contributed by atoms with Gasteiger partial charge in [0.05, 0.1) is 55.6 Å². The molecular weight excluding hydrogens is 1570 g/mol. The Hall–Kier alpha value is -16.4. The van der Waals surface area contributed by atoms with E-state index in [0.717, 1.165) is 44.7 Å². The molecule has 128 heavy (non-hydrogen) atoms. The summed E-state index contributed by atoms with van der Waals surface area (Å²) in [5, 5.41) is 9.90. The van der Waals surface area contributed by atoms with E-state index in [9.17, 15) is 0 Å². The molecule has 0 bridgehead atoms. The lowest BCUT2D eigenvalue weighted by molar-refractivity contribution is 0.664. The highest BCUT2D eigenvalue weighted by Crippen LogP contribution is 2.61. The van der Waals surface area contributed by atoms with Crippen molar-refractivity contribution in [2.75, 3.05) is 9.80 Å². The molecule has 0 radical (unpaired) electrons. The highest BCUT2D eigenvalue weighted by Gasteiger charge is 2.49. The van der Waals surface area contributed by atoms with Gasteiger partial charge in [0.1, 0.15) is 11.2 Å². The number of nitrogens with zero attached hydrogens (tertiary/aromatic N) is 4. The molecule has 0 atom stereocenters. The van der Waals surface area contributed by atoms with Crippen LogP contribution in [0.5, 0.6) is 0 Å². The molecule has 2 aliphatic heterocycles. The third kappa shape index (κ3) is 11.8. The molecule has 0 saturated heterocycles. The fourth-order valence-corrected chi connectivity index (χ4v) is 22.4. The second-order valence-corrected chi connectivity index (χ2v) is 34.8. The molecule has 24 aromatic rings. The minimum absolute atomic E-state index is 0.546. The number of para-hydroxylation sites is 9. The van der Waals surface area contributed by atoms with E-state index < -0.39 is 10.8 Å². The molecule has 26 rings (SSSR count). The van der Waals surface area contributed by atoms with Crippen LogP contribution in [0.3, 0.4) is 0 Å². The molecule has 0 amide bonds. The summed E-state index contributed by atoms with van der Waals surface area (Å²) >= 11 is 1.88. The van der Waals surface area contributed by atoms with Gasteiger partial charge in [0.25, 0.3) is 0 Å². The summed E-state index contributed by atoms with van der Waals surface area (Å²) < 4.78 is 13.9. The molecule has 600 valence electrons. The van der Waals surface area contributed by atoms with Gasteiger partial charge in [-0.2, -0.15) is 0 Å². The maximum Gasteiger partial charge on any atom is 0.135 e. The number of furan rings is 1. The maximum atomic E-state index is 6.55. The summed E-state index contributed by atoms with van der Waals surface area (Å²) in [5.41, 5.74) is 34.1. The van der Waals surface area contributed by atoms with Crippen molar-refractivity contribution in [2.24, 2.45) is 0 Å². The molecular formula is C122H80N4OS. The highest BCUT2D eigenvalue weighted by molar-refractivity contribution is 7.25. The summed E-state index contributed by atoms with van der Waals surface area (Å²) in [4.78, 5) is 4.90. The van der Waals surface area contributed by atoms with Crippen LogP contribution in [0.25, 0.3) is 142 Å². The van der Waals surface area contributed by atoms with Gasteiger partial charge in [0.15, 0.2) is 0 Å². The zero-order chi connectivity index (χ0) is 84.4. The predicted octanol–water partition coefficient (Wildman–Crippen LogP) is 32.8. The molecule has 0 aliphatic carbocycles. The van der Waals surface area contributed by atoms with Crippen molar-refractivity contribution >= 4 is 131 Å². The lowest BCUT2D eigenvalue weighted by Gasteiger charge is -2.46. The van der Waals surface area contributed by atoms with Crippen molar-refractivity contribution in [1.29, 1.82) is 0 Å². The lowest BCUT2D eigenvalue weighted by atomic mass is 9.62. The lowest BCUT2D eigenvalue weighted by Crippen LogP contribution is -2.37. The second kappa shape index (κ2) is 30.3. The van der Waals surface area contributed by atoms with Crippen LogP contribution in [0, 0.1) is 0 Å². The first-order chi connectivity index (χ1) is 63.5. The first kappa shape index (κ1) is 74.3. The summed E-state index contributed by atoms with van der Waals surface area (Å²) in [6.45, 7) is 0. The molecule has 0 fully saturated rings. The van der Waals surface area contributed by atoms with Crippen molar-refractivity contribution < 1.29 is 4.42 Å². The second-order valence-electron chi connectivity index (χ2n) is 33.7. The fourth-order valence-electron chi connectivity index (χ4n) is 21.3. The van der Waals surface area contributed by atoms with E-state index in [4.69, 9.17) is 4.42 Å². The molecule has 6 heterocycles. The molecule has 5 nitrogen and oxygen atoms in total. The Kier molecular flexibility index (Phi) is 17.6. The van der Waals surface area contributed by atoms with Gasteiger partial charge in [-0.05, 0) is 235 Å². The zero-order valence-corrected chi connectivity index (χ0v) is 70.6. The van der Waals surface area contributed by atoms with Gasteiger partial charge in [0.2, 0.25) is 0 Å². The first-order valence-corrected chi connectivity index (χ1v) is 44.8. The van der Waals surface area contributed by atoms with Gasteiger partial charge in [-0.1, -0.05) is 340 Å². The van der Waals surface area contributed by atoms with E-state index >= 15 is 0 Å². The molecule has 20 aromatic carbocycles. The Balaban J connectivity index is 0.000000139. The van der Waals surface area contributed by atoms with Gasteiger partial charge in [0, 0.05) is 75.2 Å². The topological polar surface area (TPSA) is 29.5 Å². The van der Waals surface area contributed by atoms with Crippen molar-refractivity contribution in [3.05, 3.63) is 530 Å². The van der Waals surface area contributed by atoms with E-state index in [1.165, 1.54) is 176 Å². The van der Waals surface area contributed by atoms with Gasteiger partial charge >= 0.3 is 0 Å². The standard InChI is InChI=1S/C61H40N2O.C61H40N2S/c2*1-3-18-45(19-4-1)61(46-33-36-51-50-23-8-14-29-59(50)64-60(51)40-46)53-24-9-12-27-57(53)63(58-28-13-10-25-54(58)61)48-34-30-41(31-35-48)42-16-15-17-43(38-42)44-32-37-56-52(39-44)49-22-7-11-26-55(49)62(56)47-20-5-2-6-21-47/h2*1-40H. The molecule has 0 spiro atoms. The monoisotopic (exact) mass is 1650 g/mol. The van der Waals surface area contributed by atoms with E-state index in [1.807, 2.05) is 17.4 Å². The number of hydrogen-bond acceptors (Lipinski definition) is 4. The Morgan fingerprint density at radius 3 is 0.984 bits per heavy atom. The number of benzene rings is 20. The van der Waals surface area contributed by atoms with E-state index in [0.29, 0.717) is 0 Å². The van der Waals surface area contributed by atoms with Crippen LogP contribution in [0.2, 0.25) is 0 Å². The van der Waals surface area contributed by atoms with Gasteiger partial charge < -0.3 is 23.4 Å². The molecule has 6 heteroatoms. The smallest absolute Gasteiger partial charge is 0.135 e. The largest absolute Gasteiger partial charge is 0.456 e. The number of rotatable bonds is 12. The van der Waals surface area contributed by atoms with Crippen LogP contribution in [-0.4, -0.2) is 9.13 Å². The molecule has 0 N–H and O–H groups in total. The van der Waals surface area contributed by atoms with Crippen LogP contribution < -0.4 is 9.80 Å². The summed E-state index contributed by atoms with van der Waals surface area (Å²) in [7, 11) is 0. The first-order valence-electron chi connectivity index (χ1n) is 44.0. The predicted molar refractivity (Wildman–Crippen MR) is 537 cm³/mol. The third-order valence-electron chi connectivity index (χ3n) is 26.9. The normalized spacial score (nSPS) is 13.1. The van der Waals surface area contributed by atoms with Crippen LogP contribution in [0.15, 0.2) is 490 Å². The number of thiophene rings is 1. The Labute approximate surface area is 745 Å². The van der Waals surface area contributed by atoms with Crippen LogP contribution >= 0.6 is 11.3 Å². The van der Waals surface area contributed by atoms with Crippen LogP contribution in [-0.2, 0) is 10.8 Å². The summed E-state index contributed by atoms with van der Waals surface area (Å²) in [6, 6.07) is 178. The minimum atomic E-state index is -0.613. The van der Waals surface area contributed by atoms with Gasteiger partial charge in [-0.25, -0.2) is 0 Å². The molecule has 2 aliphatic rings. The molecule has 0 unspecified atom stereocenters. The van der Waals surface area contributed by atoms with E-state index in [-0.39, 0.29) is 0 Å². The average molecular weight is 1650 g/mol. The Morgan fingerprint density at radius 1 is 0.180 bits per heavy atom. The highest BCUT2D eigenvalue weighted by atomic mass is 32.1. The van der Waals surface area contributed by atoms with E-state index in [1.54, 1.807) is 0 Å². The van der Waals surface area contributed by atoms with Crippen LogP contribution in [0.1, 0.15) is 44.5 Å². The summed E-state index contributed by atoms with van der Waals surface area (Å²) in [6.07, 6.45) is 0. The SMILES string of the molecule is c1ccc(-n2c3ccccc3c3cc(-c4cccc(-c5ccc(N6c7ccccc7C(c7ccccc7)(c7ccc8c(c7)oc7ccccc78)c7ccccc76)cc5)c4)ccc32)cc1.c1ccc(-n2c3ccccc3c3cc(-c4cccc(-c5ccc(N6c7ccccc7C(c7ccccc7)(c7ccc8c(c7)sc7ccccc78)c7ccccc76)cc5)c4)ccc32)cc1. The van der Waals surface area contributed by atoms with Crippen molar-refractivity contribution in [3.8, 4) is 55.9 Å². The van der Waals surface area contributed by atoms with Crippen molar-refractivity contribution in [1.82, 2.24) is 9.13 Å². The Bertz CT molecular complexity index is 7860. The number of fused-ring (bicyclic) bond motifs is 16. The summed E-state index contributed by atoms with van der Waals surface area (Å²) in [5.74, 6) is 0. The van der Waals surface area contributed by atoms with E-state index in [2.05, 4.69) is 498 Å². The van der Waals surface area contributed by atoms with Gasteiger partial charge in [-0.15, -0.1) is 11.3 Å². The molecule has 4 aromatic heterocycles. The quantitative estimate of drug-likeness (QED) is 0.122. The number of hydrogen-bond donors (Lipinski definition) is 0. The van der Waals surface area contributed by atoms with Crippen LogP contribution in [0.4, 0.5) is 34.1 Å². The third-order valence-corrected chi connectivity index (χ3v) is 28.1. The fraction of sp³-hybridized carbons (Fsp3) is 0.0164. The maximum absolute atomic E-state index is 6.55. The average Bonchev–Trinajstić information content (AvgIpc) is 0.879. The number of aromatic nitrogens is 2. The number of anilines is 6. The molecule has 0 saturated carbocycles. The van der Waals surface area contributed by atoms with Gasteiger partial charge in [-0.3, -0.25) is 0 Å². The van der Waals surface area contributed by atoms with Crippen molar-refractivity contribution in [2.45, 2.75) is 10.8 Å². The van der Waals surface area contributed by atoms with Crippen molar-refractivity contribution in [3.63, 3.8) is 0 Å². The minimum Gasteiger partial charge on any atom is -0.456 e. The zero-order valence-electron chi connectivity index (χ0n) is 69.8. The Morgan fingerprint density at radius 2 is 0.516 bits per heavy atom.